The maximum absolute atomic E-state index is 5.30. The Labute approximate surface area is 98.2 Å². The summed E-state index contributed by atoms with van der Waals surface area (Å²) < 4.78 is 5.30. The van der Waals surface area contributed by atoms with Crippen LogP contribution >= 0.6 is 0 Å². The van der Waals surface area contributed by atoms with Gasteiger partial charge in [-0.3, -0.25) is 0 Å². The van der Waals surface area contributed by atoms with Gasteiger partial charge in [0, 0.05) is 24.9 Å². The van der Waals surface area contributed by atoms with Gasteiger partial charge in [-0.05, 0) is 31.9 Å². The molecule has 2 rings (SSSR count). The fourth-order valence-corrected chi connectivity index (χ4v) is 1.67. The minimum absolute atomic E-state index is 0.526. The number of aromatic nitrogens is 1. The van der Waals surface area contributed by atoms with E-state index in [1.807, 2.05) is 39.0 Å². The average Bonchev–Trinajstić information content (AvgIpc) is 2.33. The second-order valence-corrected chi connectivity index (χ2v) is 3.70. The first kappa shape index (κ1) is 13.0. The summed E-state index contributed by atoms with van der Waals surface area (Å²) in [5.74, 6) is 0.983. The first-order chi connectivity index (χ1) is 7.84. The van der Waals surface area contributed by atoms with Crippen LogP contribution < -0.4 is 5.32 Å². The van der Waals surface area contributed by atoms with Gasteiger partial charge < -0.3 is 10.1 Å². The molecule has 3 heteroatoms. The van der Waals surface area contributed by atoms with Gasteiger partial charge in [0.15, 0.2) is 0 Å². The predicted octanol–water partition coefficient (Wildman–Crippen LogP) is 3.01. The molecule has 1 aromatic rings. The summed E-state index contributed by atoms with van der Waals surface area (Å²) in [5, 5.41) is 3.43. The number of pyridine rings is 1. The van der Waals surface area contributed by atoms with E-state index in [4.69, 9.17) is 4.74 Å². The van der Waals surface area contributed by atoms with Crippen LogP contribution in [0.2, 0.25) is 0 Å². The van der Waals surface area contributed by atoms with Gasteiger partial charge in [-0.2, -0.15) is 0 Å². The smallest absolute Gasteiger partial charge is 0.126 e. The zero-order valence-electron chi connectivity index (χ0n) is 10.5. The molecule has 0 unspecified atom stereocenters. The predicted molar refractivity (Wildman–Crippen MR) is 67.8 cm³/mol. The first-order valence-electron chi connectivity index (χ1n) is 6.12. The molecular formula is C13H22N2O. The fraction of sp³-hybridized carbons (Fsp3) is 0.615. The summed E-state index contributed by atoms with van der Waals surface area (Å²) in [6.45, 7) is 7.74. The minimum atomic E-state index is 0.526. The molecule has 1 fully saturated rings. The van der Waals surface area contributed by atoms with Gasteiger partial charge in [0.1, 0.15) is 5.82 Å². The van der Waals surface area contributed by atoms with Crippen molar-refractivity contribution in [2.45, 2.75) is 39.7 Å². The Morgan fingerprint density at radius 1 is 1.25 bits per heavy atom. The van der Waals surface area contributed by atoms with Crippen molar-refractivity contribution in [3.8, 4) is 0 Å². The van der Waals surface area contributed by atoms with Crippen molar-refractivity contribution < 1.29 is 4.74 Å². The molecule has 0 aliphatic carbocycles. The van der Waals surface area contributed by atoms with E-state index in [0.717, 1.165) is 37.6 Å². The largest absolute Gasteiger partial charge is 0.381 e. The van der Waals surface area contributed by atoms with E-state index in [1.54, 1.807) is 0 Å². The monoisotopic (exact) mass is 222 g/mol. The molecule has 1 aliphatic rings. The Balaban J connectivity index is 0.000000606. The Morgan fingerprint density at radius 3 is 2.56 bits per heavy atom. The highest BCUT2D eigenvalue weighted by molar-refractivity contribution is 5.36. The number of hydrogen-bond donors (Lipinski definition) is 1. The maximum atomic E-state index is 5.30. The fourth-order valence-electron chi connectivity index (χ4n) is 1.67. The number of nitrogens with one attached hydrogen (secondary N) is 1. The Kier molecular flexibility index (Phi) is 5.86. The molecular weight excluding hydrogens is 200 g/mol. The van der Waals surface area contributed by atoms with E-state index in [1.165, 1.54) is 0 Å². The molecule has 2 heterocycles. The summed E-state index contributed by atoms with van der Waals surface area (Å²) in [7, 11) is 0. The zero-order valence-corrected chi connectivity index (χ0v) is 10.5. The molecule has 0 amide bonds. The molecule has 1 N–H and O–H groups in total. The molecule has 1 aromatic heterocycles. The van der Waals surface area contributed by atoms with Gasteiger partial charge in [0.2, 0.25) is 0 Å². The van der Waals surface area contributed by atoms with Gasteiger partial charge in [-0.15, -0.1) is 0 Å². The van der Waals surface area contributed by atoms with Gasteiger partial charge in [-0.1, -0.05) is 19.9 Å². The lowest BCUT2D eigenvalue weighted by molar-refractivity contribution is 0.0904. The topological polar surface area (TPSA) is 34.1 Å². The molecule has 1 aliphatic heterocycles. The SMILES string of the molecule is CC.Cc1cccc(NC2CCOCC2)n1. The van der Waals surface area contributed by atoms with Crippen molar-refractivity contribution in [3.05, 3.63) is 23.9 Å². The molecule has 16 heavy (non-hydrogen) atoms. The number of ether oxygens (including phenoxy) is 1. The summed E-state index contributed by atoms with van der Waals surface area (Å²) in [5.41, 5.74) is 1.06. The third-order valence-corrected chi connectivity index (χ3v) is 2.46. The Morgan fingerprint density at radius 2 is 1.94 bits per heavy atom. The van der Waals surface area contributed by atoms with Crippen molar-refractivity contribution in [1.29, 1.82) is 0 Å². The Hall–Kier alpha value is -1.09. The van der Waals surface area contributed by atoms with Crippen molar-refractivity contribution >= 4 is 5.82 Å². The molecule has 0 radical (unpaired) electrons. The zero-order chi connectivity index (χ0) is 11.8. The first-order valence-corrected chi connectivity index (χ1v) is 6.12. The van der Waals surface area contributed by atoms with Crippen LogP contribution in [0.1, 0.15) is 32.4 Å². The van der Waals surface area contributed by atoms with Gasteiger partial charge in [0.25, 0.3) is 0 Å². The number of hydrogen-bond acceptors (Lipinski definition) is 3. The Bertz CT molecular complexity index is 296. The highest BCUT2D eigenvalue weighted by Gasteiger charge is 2.13. The number of rotatable bonds is 2. The summed E-state index contributed by atoms with van der Waals surface area (Å²) in [4.78, 5) is 4.42. The van der Waals surface area contributed by atoms with E-state index in [0.29, 0.717) is 6.04 Å². The lowest BCUT2D eigenvalue weighted by Crippen LogP contribution is -2.28. The molecule has 1 saturated heterocycles. The maximum Gasteiger partial charge on any atom is 0.126 e. The molecule has 0 saturated carbocycles. The van der Waals surface area contributed by atoms with Crippen molar-refractivity contribution in [2.75, 3.05) is 18.5 Å². The van der Waals surface area contributed by atoms with Crippen LogP contribution in [0, 0.1) is 6.92 Å². The van der Waals surface area contributed by atoms with Crippen molar-refractivity contribution in [1.82, 2.24) is 4.98 Å². The van der Waals surface area contributed by atoms with Gasteiger partial charge in [-0.25, -0.2) is 4.98 Å². The lowest BCUT2D eigenvalue weighted by atomic mass is 10.1. The van der Waals surface area contributed by atoms with E-state index in [-0.39, 0.29) is 0 Å². The third-order valence-electron chi connectivity index (χ3n) is 2.46. The second-order valence-electron chi connectivity index (χ2n) is 3.70. The van der Waals surface area contributed by atoms with E-state index >= 15 is 0 Å². The normalized spacial score (nSPS) is 16.2. The molecule has 3 nitrogen and oxygen atoms in total. The van der Waals surface area contributed by atoms with Gasteiger partial charge >= 0.3 is 0 Å². The van der Waals surface area contributed by atoms with Gasteiger partial charge in [0.05, 0.1) is 0 Å². The van der Waals surface area contributed by atoms with Crippen molar-refractivity contribution in [2.24, 2.45) is 0 Å². The van der Waals surface area contributed by atoms with E-state index < -0.39 is 0 Å². The third kappa shape index (κ3) is 4.19. The number of aryl methyl sites for hydroxylation is 1. The highest BCUT2D eigenvalue weighted by atomic mass is 16.5. The highest BCUT2D eigenvalue weighted by Crippen LogP contribution is 2.13. The molecule has 0 aromatic carbocycles. The molecule has 90 valence electrons. The van der Waals surface area contributed by atoms with Crippen LogP contribution in [0.4, 0.5) is 5.82 Å². The molecule has 0 bridgehead atoms. The van der Waals surface area contributed by atoms with Crippen LogP contribution in [-0.4, -0.2) is 24.2 Å². The minimum Gasteiger partial charge on any atom is -0.381 e. The molecule has 0 spiro atoms. The quantitative estimate of drug-likeness (QED) is 0.835. The van der Waals surface area contributed by atoms with Crippen LogP contribution in [-0.2, 0) is 4.74 Å². The van der Waals surface area contributed by atoms with Crippen LogP contribution in [0.25, 0.3) is 0 Å². The number of anilines is 1. The summed E-state index contributed by atoms with van der Waals surface area (Å²) >= 11 is 0. The second kappa shape index (κ2) is 7.23. The van der Waals surface area contributed by atoms with E-state index in [9.17, 15) is 0 Å². The van der Waals surface area contributed by atoms with Crippen molar-refractivity contribution in [3.63, 3.8) is 0 Å². The van der Waals surface area contributed by atoms with Crippen LogP contribution in [0.3, 0.4) is 0 Å². The average molecular weight is 222 g/mol. The van der Waals surface area contributed by atoms with Crippen LogP contribution in [0.5, 0.6) is 0 Å². The summed E-state index contributed by atoms with van der Waals surface area (Å²) in [6.07, 6.45) is 2.16. The number of nitrogens with zero attached hydrogens (tertiary/aromatic N) is 1. The lowest BCUT2D eigenvalue weighted by Gasteiger charge is -2.23. The summed E-state index contributed by atoms with van der Waals surface area (Å²) in [6, 6.07) is 6.58. The standard InChI is InChI=1S/C11H16N2O.C2H6/c1-9-3-2-4-11(12-9)13-10-5-7-14-8-6-10;1-2/h2-4,10H,5-8H2,1H3,(H,12,13);1-2H3. The van der Waals surface area contributed by atoms with E-state index in [2.05, 4.69) is 10.3 Å². The van der Waals surface area contributed by atoms with Crippen LogP contribution in [0.15, 0.2) is 18.2 Å². The molecule has 0 atom stereocenters.